The Morgan fingerprint density at radius 2 is 2.00 bits per heavy atom. The van der Waals surface area contributed by atoms with Crippen LogP contribution in [-0.4, -0.2) is 35.8 Å². The van der Waals surface area contributed by atoms with E-state index in [1.807, 2.05) is 6.07 Å². The van der Waals surface area contributed by atoms with E-state index in [0.717, 1.165) is 24.7 Å². The first-order valence-electron chi connectivity index (χ1n) is 8.69. The molecule has 0 spiro atoms. The molecule has 0 unspecified atom stereocenters. The van der Waals surface area contributed by atoms with Crippen molar-refractivity contribution in [3.05, 3.63) is 40.2 Å². The van der Waals surface area contributed by atoms with Crippen LogP contribution in [0.4, 0.5) is 17.2 Å². The first-order chi connectivity index (χ1) is 13.3. The number of amides is 1. The van der Waals surface area contributed by atoms with Crippen molar-refractivity contribution in [2.75, 3.05) is 16.9 Å². The van der Waals surface area contributed by atoms with Gasteiger partial charge < -0.3 is 10.6 Å². The van der Waals surface area contributed by atoms with Gasteiger partial charge in [0.05, 0.1) is 16.3 Å². The number of carbonyl (C=O) groups is 1. The Labute approximate surface area is 160 Å². The van der Waals surface area contributed by atoms with Gasteiger partial charge in [-0.05, 0) is 36.5 Å². The van der Waals surface area contributed by atoms with E-state index in [-0.39, 0.29) is 27.3 Å². The van der Waals surface area contributed by atoms with Crippen LogP contribution in [0.2, 0.25) is 0 Å². The minimum atomic E-state index is -3.50. The summed E-state index contributed by atoms with van der Waals surface area (Å²) >= 11 is 0. The average Bonchev–Trinajstić information content (AvgIpc) is 3.42. The lowest BCUT2D eigenvalue weighted by atomic mass is 10.1. The molecular formula is C18H19N5O4S. The Balaban J connectivity index is 1.88. The van der Waals surface area contributed by atoms with Crippen LogP contribution in [0.3, 0.4) is 0 Å². The quantitative estimate of drug-likeness (QED) is 0.541. The number of hydrogen-bond donors (Lipinski definition) is 3. The first kappa shape index (κ1) is 18.2. The van der Waals surface area contributed by atoms with Crippen LogP contribution in [0.5, 0.6) is 0 Å². The number of H-pyrrole nitrogens is 1. The van der Waals surface area contributed by atoms with Crippen molar-refractivity contribution in [2.24, 2.45) is 7.05 Å². The molecule has 28 heavy (non-hydrogen) atoms. The van der Waals surface area contributed by atoms with E-state index in [4.69, 9.17) is 0 Å². The molecule has 3 aromatic rings. The van der Waals surface area contributed by atoms with Crippen LogP contribution in [0.25, 0.3) is 11.0 Å². The third-order valence-corrected chi connectivity index (χ3v) is 5.88. The van der Waals surface area contributed by atoms with Crippen molar-refractivity contribution in [2.45, 2.75) is 23.7 Å². The van der Waals surface area contributed by atoms with Crippen molar-refractivity contribution < 1.29 is 13.2 Å². The normalized spacial score (nSPS) is 14.2. The molecule has 1 saturated carbocycles. The van der Waals surface area contributed by atoms with Crippen molar-refractivity contribution >= 4 is 44.5 Å². The maximum absolute atomic E-state index is 12.5. The standard InChI is InChI=1S/C18H19N5O4S/c1-23-18(25)16-13(8-15(19-9-24)21-17(16)22-23)20-12-6-5-11(10-3-4-10)7-14(12)28(2,26)27/h5-10H,3-4H2,1-2H3,(H3,19,20,21,22,24). The zero-order valence-corrected chi connectivity index (χ0v) is 16.1. The Bertz CT molecular complexity index is 1250. The number of nitrogens with zero attached hydrogens (tertiary/aromatic N) is 2. The summed E-state index contributed by atoms with van der Waals surface area (Å²) in [5.74, 6) is 0.630. The summed E-state index contributed by atoms with van der Waals surface area (Å²) in [6.45, 7) is 0. The fourth-order valence-electron chi connectivity index (χ4n) is 3.22. The Kier molecular flexibility index (Phi) is 4.22. The summed E-state index contributed by atoms with van der Waals surface area (Å²) in [6.07, 6.45) is 3.74. The second-order valence-electron chi connectivity index (χ2n) is 6.94. The molecule has 1 aromatic carbocycles. The number of nitrogens with one attached hydrogen (secondary N) is 3. The van der Waals surface area contributed by atoms with Crippen LogP contribution >= 0.6 is 0 Å². The van der Waals surface area contributed by atoms with E-state index in [1.54, 1.807) is 19.2 Å². The maximum Gasteiger partial charge on any atom is 0.277 e. The number of aromatic amines is 1. The molecular weight excluding hydrogens is 382 g/mol. The molecule has 10 heteroatoms. The Morgan fingerprint density at radius 1 is 1.25 bits per heavy atom. The maximum atomic E-state index is 12.5. The number of fused-ring (bicyclic) bond motifs is 1. The molecule has 9 nitrogen and oxygen atoms in total. The molecule has 0 saturated heterocycles. The number of pyridine rings is 1. The highest BCUT2D eigenvalue weighted by Crippen LogP contribution is 2.42. The van der Waals surface area contributed by atoms with Gasteiger partial charge in [0.2, 0.25) is 6.41 Å². The highest BCUT2D eigenvalue weighted by Gasteiger charge is 2.26. The number of aromatic nitrogens is 3. The molecule has 1 fully saturated rings. The molecule has 2 aromatic heterocycles. The first-order valence-corrected chi connectivity index (χ1v) is 10.6. The monoisotopic (exact) mass is 401 g/mol. The van der Waals surface area contributed by atoms with E-state index >= 15 is 0 Å². The molecule has 0 bridgehead atoms. The van der Waals surface area contributed by atoms with Crippen LogP contribution in [0, 0.1) is 0 Å². The van der Waals surface area contributed by atoms with Gasteiger partial charge in [0.25, 0.3) is 5.56 Å². The molecule has 4 rings (SSSR count). The summed E-state index contributed by atoms with van der Waals surface area (Å²) in [4.78, 5) is 27.7. The van der Waals surface area contributed by atoms with Gasteiger partial charge in [-0.2, -0.15) is 0 Å². The zero-order valence-electron chi connectivity index (χ0n) is 15.3. The van der Waals surface area contributed by atoms with Crippen molar-refractivity contribution in [3.8, 4) is 0 Å². The lowest BCUT2D eigenvalue weighted by Crippen LogP contribution is -2.12. The third-order valence-electron chi connectivity index (χ3n) is 4.74. The van der Waals surface area contributed by atoms with E-state index in [2.05, 4.69) is 20.7 Å². The molecule has 0 radical (unpaired) electrons. The average molecular weight is 401 g/mol. The lowest BCUT2D eigenvalue weighted by molar-refractivity contribution is -0.105. The molecule has 0 aliphatic heterocycles. The number of carbonyl (C=O) groups excluding carboxylic acids is 1. The molecule has 1 amide bonds. The summed E-state index contributed by atoms with van der Waals surface area (Å²) < 4.78 is 26.0. The highest BCUT2D eigenvalue weighted by atomic mass is 32.2. The SMILES string of the molecule is Cn1[nH]c2nc(NC=O)cc(Nc3ccc(C4CC4)cc3S(C)(=O)=O)c2c1=O. The van der Waals surface area contributed by atoms with E-state index < -0.39 is 9.84 Å². The zero-order chi connectivity index (χ0) is 20.1. The van der Waals surface area contributed by atoms with Crippen LogP contribution in [-0.2, 0) is 21.7 Å². The van der Waals surface area contributed by atoms with Gasteiger partial charge in [0, 0.05) is 19.4 Å². The Morgan fingerprint density at radius 3 is 2.64 bits per heavy atom. The second-order valence-corrected chi connectivity index (χ2v) is 8.93. The van der Waals surface area contributed by atoms with E-state index in [0.29, 0.717) is 23.7 Å². The van der Waals surface area contributed by atoms with E-state index in [9.17, 15) is 18.0 Å². The summed E-state index contributed by atoms with van der Waals surface area (Å²) in [6, 6.07) is 6.79. The van der Waals surface area contributed by atoms with Crippen LogP contribution in [0.15, 0.2) is 34.0 Å². The molecule has 1 aliphatic carbocycles. The summed E-state index contributed by atoms with van der Waals surface area (Å²) in [5, 5.41) is 8.58. The van der Waals surface area contributed by atoms with Gasteiger partial charge in [0.1, 0.15) is 11.2 Å². The second kappa shape index (κ2) is 6.48. The number of benzene rings is 1. The van der Waals surface area contributed by atoms with Gasteiger partial charge in [-0.15, -0.1) is 0 Å². The van der Waals surface area contributed by atoms with Gasteiger partial charge in [0.15, 0.2) is 15.5 Å². The smallest absolute Gasteiger partial charge is 0.277 e. The van der Waals surface area contributed by atoms with Crippen LogP contribution in [0.1, 0.15) is 24.3 Å². The van der Waals surface area contributed by atoms with E-state index in [1.165, 1.54) is 10.7 Å². The third kappa shape index (κ3) is 3.26. The number of aryl methyl sites for hydroxylation is 1. The fraction of sp³-hybridized carbons (Fsp3) is 0.278. The van der Waals surface area contributed by atoms with Gasteiger partial charge in [-0.3, -0.25) is 19.4 Å². The van der Waals surface area contributed by atoms with Crippen molar-refractivity contribution in [3.63, 3.8) is 0 Å². The molecule has 3 N–H and O–H groups in total. The summed E-state index contributed by atoms with van der Waals surface area (Å²) in [7, 11) is -1.95. The van der Waals surface area contributed by atoms with Gasteiger partial charge in [-0.25, -0.2) is 13.4 Å². The van der Waals surface area contributed by atoms with Crippen LogP contribution < -0.4 is 16.2 Å². The number of rotatable bonds is 6. The topological polar surface area (TPSA) is 126 Å². The summed E-state index contributed by atoms with van der Waals surface area (Å²) in [5.41, 5.74) is 1.65. The molecule has 2 heterocycles. The largest absolute Gasteiger partial charge is 0.354 e. The molecule has 146 valence electrons. The van der Waals surface area contributed by atoms with Gasteiger partial charge in [-0.1, -0.05) is 6.07 Å². The predicted molar refractivity (Wildman–Crippen MR) is 106 cm³/mol. The minimum absolute atomic E-state index is 0.166. The predicted octanol–water partition coefficient (Wildman–Crippen LogP) is 1.85. The van der Waals surface area contributed by atoms with Crippen molar-refractivity contribution in [1.29, 1.82) is 0 Å². The van der Waals surface area contributed by atoms with Crippen molar-refractivity contribution in [1.82, 2.24) is 14.8 Å². The minimum Gasteiger partial charge on any atom is -0.354 e. The Hall–Kier alpha value is -3.14. The fourth-order valence-corrected chi connectivity index (χ4v) is 4.09. The number of anilines is 3. The molecule has 0 atom stereocenters. The number of sulfone groups is 1. The van der Waals surface area contributed by atoms with Gasteiger partial charge >= 0.3 is 0 Å². The number of hydrogen-bond acceptors (Lipinski definition) is 6. The highest BCUT2D eigenvalue weighted by molar-refractivity contribution is 7.90. The molecule has 1 aliphatic rings. The lowest BCUT2D eigenvalue weighted by Gasteiger charge is -2.14.